The SMILES string of the molecule is COC(=O)C1(C2CCOC2=O)NCCc2c1[nH]c1ccccc21. The van der Waals surface area contributed by atoms with Crippen molar-refractivity contribution in [2.75, 3.05) is 20.3 Å². The highest BCUT2D eigenvalue weighted by molar-refractivity contribution is 5.94. The van der Waals surface area contributed by atoms with Crippen LogP contribution >= 0.6 is 0 Å². The molecule has 0 saturated carbocycles. The van der Waals surface area contributed by atoms with Crippen molar-refractivity contribution in [3.8, 4) is 0 Å². The number of rotatable bonds is 2. The zero-order valence-electron chi connectivity index (χ0n) is 12.8. The molecule has 4 rings (SSSR count). The normalized spacial score (nSPS) is 26.8. The van der Waals surface area contributed by atoms with Crippen molar-refractivity contribution in [3.63, 3.8) is 0 Å². The van der Waals surface area contributed by atoms with Crippen molar-refractivity contribution in [2.24, 2.45) is 5.92 Å². The smallest absolute Gasteiger partial charge is 0.333 e. The average molecular weight is 314 g/mol. The predicted octanol–water partition coefficient (Wildman–Crippen LogP) is 1.24. The number of aromatic nitrogens is 1. The van der Waals surface area contributed by atoms with E-state index in [1.807, 2.05) is 24.3 Å². The largest absolute Gasteiger partial charge is 0.467 e. The van der Waals surface area contributed by atoms with Crippen LogP contribution in [0.3, 0.4) is 0 Å². The first kappa shape index (κ1) is 14.3. The summed E-state index contributed by atoms with van der Waals surface area (Å²) in [5, 5.41) is 4.35. The number of fused-ring (bicyclic) bond motifs is 3. The minimum Gasteiger partial charge on any atom is -0.467 e. The second-order valence-corrected chi connectivity index (χ2v) is 6.01. The number of H-pyrrole nitrogens is 1. The number of hydrogen-bond acceptors (Lipinski definition) is 5. The second-order valence-electron chi connectivity index (χ2n) is 6.01. The molecule has 1 aromatic carbocycles. The van der Waals surface area contributed by atoms with Crippen molar-refractivity contribution in [1.29, 1.82) is 0 Å². The van der Waals surface area contributed by atoms with Crippen molar-refractivity contribution in [2.45, 2.75) is 18.4 Å². The van der Waals surface area contributed by atoms with Crippen LogP contribution in [0.15, 0.2) is 24.3 Å². The van der Waals surface area contributed by atoms with Crippen molar-refractivity contribution in [1.82, 2.24) is 10.3 Å². The fraction of sp³-hybridized carbons (Fsp3) is 0.412. The Morgan fingerprint density at radius 2 is 2.22 bits per heavy atom. The Kier molecular flexibility index (Phi) is 3.16. The van der Waals surface area contributed by atoms with Gasteiger partial charge in [0.15, 0.2) is 5.54 Å². The van der Waals surface area contributed by atoms with E-state index < -0.39 is 17.4 Å². The summed E-state index contributed by atoms with van der Waals surface area (Å²) in [4.78, 5) is 28.3. The highest BCUT2D eigenvalue weighted by Gasteiger charge is 2.57. The Labute approximate surface area is 133 Å². The summed E-state index contributed by atoms with van der Waals surface area (Å²) in [5.74, 6) is -1.38. The van der Waals surface area contributed by atoms with E-state index in [-0.39, 0.29) is 5.97 Å². The summed E-state index contributed by atoms with van der Waals surface area (Å²) in [6.07, 6.45) is 1.29. The molecule has 0 bridgehead atoms. The van der Waals surface area contributed by atoms with Gasteiger partial charge in [-0.3, -0.25) is 10.1 Å². The number of benzene rings is 1. The highest BCUT2D eigenvalue weighted by Crippen LogP contribution is 2.42. The molecule has 2 atom stereocenters. The van der Waals surface area contributed by atoms with Gasteiger partial charge in [-0.2, -0.15) is 0 Å². The molecule has 2 aliphatic heterocycles. The Morgan fingerprint density at radius 1 is 1.39 bits per heavy atom. The van der Waals surface area contributed by atoms with Crippen molar-refractivity contribution < 1.29 is 19.1 Å². The molecule has 120 valence electrons. The van der Waals surface area contributed by atoms with Gasteiger partial charge in [-0.15, -0.1) is 0 Å². The van der Waals surface area contributed by atoms with E-state index in [1.54, 1.807) is 0 Å². The van der Waals surface area contributed by atoms with E-state index >= 15 is 0 Å². The van der Waals surface area contributed by atoms with Crippen LogP contribution in [0.5, 0.6) is 0 Å². The Bertz CT molecular complexity index is 797. The number of esters is 2. The number of aromatic amines is 1. The molecular weight excluding hydrogens is 296 g/mol. The summed E-state index contributed by atoms with van der Waals surface area (Å²) >= 11 is 0. The summed E-state index contributed by atoms with van der Waals surface area (Å²) in [7, 11) is 1.35. The quantitative estimate of drug-likeness (QED) is 0.815. The van der Waals surface area contributed by atoms with E-state index in [9.17, 15) is 9.59 Å². The molecule has 3 heterocycles. The molecule has 0 amide bonds. The second kappa shape index (κ2) is 5.09. The maximum absolute atomic E-state index is 12.7. The Balaban J connectivity index is 1.98. The number of nitrogens with one attached hydrogen (secondary N) is 2. The van der Waals surface area contributed by atoms with E-state index in [0.29, 0.717) is 19.6 Å². The lowest BCUT2D eigenvalue weighted by Crippen LogP contribution is -2.59. The Morgan fingerprint density at radius 3 is 2.96 bits per heavy atom. The highest BCUT2D eigenvalue weighted by atomic mass is 16.5. The van der Waals surface area contributed by atoms with Gasteiger partial charge in [0.05, 0.1) is 25.3 Å². The van der Waals surface area contributed by atoms with Gasteiger partial charge in [0, 0.05) is 17.4 Å². The first-order valence-corrected chi connectivity index (χ1v) is 7.78. The molecule has 6 heteroatoms. The predicted molar refractivity (Wildman–Crippen MR) is 82.8 cm³/mol. The molecule has 0 radical (unpaired) electrons. The fourth-order valence-electron chi connectivity index (χ4n) is 3.93. The van der Waals surface area contributed by atoms with Crippen LogP contribution in [0.4, 0.5) is 0 Å². The molecule has 1 fully saturated rings. The van der Waals surface area contributed by atoms with E-state index in [0.717, 1.165) is 28.6 Å². The maximum Gasteiger partial charge on any atom is 0.333 e. The number of ether oxygens (including phenoxy) is 2. The lowest BCUT2D eigenvalue weighted by atomic mass is 9.76. The average Bonchev–Trinajstić information content (AvgIpc) is 3.17. The molecule has 0 aliphatic carbocycles. The van der Waals surface area contributed by atoms with Crippen LogP contribution in [0.2, 0.25) is 0 Å². The summed E-state index contributed by atoms with van der Waals surface area (Å²) in [5.41, 5.74) is 1.57. The molecular formula is C17H18N2O4. The molecule has 2 unspecified atom stereocenters. The number of para-hydroxylation sites is 1. The van der Waals surface area contributed by atoms with Crippen LogP contribution in [-0.4, -0.2) is 37.2 Å². The van der Waals surface area contributed by atoms with Gasteiger partial charge < -0.3 is 14.5 Å². The molecule has 1 saturated heterocycles. The summed E-state index contributed by atoms with van der Waals surface area (Å²) < 4.78 is 10.2. The molecule has 0 spiro atoms. The van der Waals surface area contributed by atoms with Gasteiger partial charge in [-0.25, -0.2) is 4.79 Å². The van der Waals surface area contributed by atoms with Gasteiger partial charge >= 0.3 is 11.9 Å². The summed E-state index contributed by atoms with van der Waals surface area (Å²) in [6, 6.07) is 7.93. The molecule has 2 aromatic rings. The van der Waals surface area contributed by atoms with E-state index in [2.05, 4.69) is 10.3 Å². The number of methoxy groups -OCH3 is 1. The monoisotopic (exact) mass is 314 g/mol. The zero-order chi connectivity index (χ0) is 16.0. The topological polar surface area (TPSA) is 80.4 Å². The molecule has 2 aliphatic rings. The minimum absolute atomic E-state index is 0.333. The van der Waals surface area contributed by atoms with E-state index in [1.165, 1.54) is 7.11 Å². The standard InChI is InChI=1S/C17H18N2O4/c1-22-16(21)17(12-7-9-23-15(12)20)14-11(6-8-18-17)10-4-2-3-5-13(10)19-14/h2-5,12,18-19H,6-9H2,1H3. The Hall–Kier alpha value is -2.34. The third-order valence-electron chi connectivity index (χ3n) is 4.95. The number of carbonyl (C=O) groups is 2. The van der Waals surface area contributed by atoms with Crippen LogP contribution in [0.1, 0.15) is 17.7 Å². The van der Waals surface area contributed by atoms with Gasteiger partial charge in [0.25, 0.3) is 0 Å². The van der Waals surface area contributed by atoms with Gasteiger partial charge in [0.2, 0.25) is 0 Å². The lowest BCUT2D eigenvalue weighted by molar-refractivity contribution is -0.158. The van der Waals surface area contributed by atoms with Crippen LogP contribution < -0.4 is 5.32 Å². The lowest BCUT2D eigenvalue weighted by Gasteiger charge is -2.38. The molecule has 1 aromatic heterocycles. The number of carbonyl (C=O) groups excluding carboxylic acids is 2. The summed E-state index contributed by atoms with van der Waals surface area (Å²) in [6.45, 7) is 0.938. The van der Waals surface area contributed by atoms with Crippen LogP contribution in [0.25, 0.3) is 10.9 Å². The van der Waals surface area contributed by atoms with Gasteiger partial charge in [0.1, 0.15) is 0 Å². The van der Waals surface area contributed by atoms with Crippen molar-refractivity contribution in [3.05, 3.63) is 35.5 Å². The number of hydrogen-bond donors (Lipinski definition) is 2. The van der Waals surface area contributed by atoms with E-state index in [4.69, 9.17) is 9.47 Å². The minimum atomic E-state index is -1.20. The van der Waals surface area contributed by atoms with Crippen molar-refractivity contribution >= 4 is 22.8 Å². The fourth-order valence-corrected chi connectivity index (χ4v) is 3.93. The number of cyclic esters (lactones) is 1. The molecule has 6 nitrogen and oxygen atoms in total. The third-order valence-corrected chi connectivity index (χ3v) is 4.95. The first-order valence-electron chi connectivity index (χ1n) is 7.78. The molecule has 2 N–H and O–H groups in total. The molecule has 23 heavy (non-hydrogen) atoms. The third kappa shape index (κ3) is 1.84. The van der Waals surface area contributed by atoms with Gasteiger partial charge in [-0.1, -0.05) is 18.2 Å². The first-order chi connectivity index (χ1) is 11.2. The zero-order valence-corrected chi connectivity index (χ0v) is 12.8. The van der Waals surface area contributed by atoms with Crippen LogP contribution in [-0.2, 0) is 31.0 Å². The van der Waals surface area contributed by atoms with Crippen LogP contribution in [0, 0.1) is 5.92 Å². The van der Waals surface area contributed by atoms with Gasteiger partial charge in [-0.05, 0) is 24.5 Å². The maximum atomic E-state index is 12.7.